The molecule has 2 rings (SSSR count). The monoisotopic (exact) mass is 330 g/mol. The second-order valence-electron chi connectivity index (χ2n) is 5.23. The Morgan fingerprint density at radius 1 is 1.04 bits per heavy atom. The molecule has 0 saturated heterocycles. The van der Waals surface area contributed by atoms with E-state index in [0.29, 0.717) is 18.1 Å². The number of carbonyl (C=O) groups excluding carboxylic acids is 2. The van der Waals surface area contributed by atoms with Gasteiger partial charge in [0.05, 0.1) is 6.54 Å². The van der Waals surface area contributed by atoms with Gasteiger partial charge in [0.1, 0.15) is 0 Å². The second-order valence-corrected chi connectivity index (χ2v) is 5.64. The maximum Gasteiger partial charge on any atom is 0.239 e. The molecule has 2 aromatic rings. The molecule has 0 saturated carbocycles. The lowest BCUT2D eigenvalue weighted by molar-refractivity contribution is -0.135. The first-order valence-corrected chi connectivity index (χ1v) is 7.73. The summed E-state index contributed by atoms with van der Waals surface area (Å²) in [5.74, 6) is -0.365. The van der Waals surface area contributed by atoms with Gasteiger partial charge in [-0.1, -0.05) is 60.1 Å². The van der Waals surface area contributed by atoms with Crippen LogP contribution in [-0.4, -0.2) is 23.3 Å². The van der Waals surface area contributed by atoms with Crippen LogP contribution in [0, 0.1) is 0 Å². The minimum atomic E-state index is -0.198. The van der Waals surface area contributed by atoms with E-state index in [-0.39, 0.29) is 18.4 Å². The fraction of sp³-hybridized carbons (Fsp3) is 0.222. The summed E-state index contributed by atoms with van der Waals surface area (Å²) in [5, 5.41) is 3.41. The maximum absolute atomic E-state index is 12.1. The fourth-order valence-electron chi connectivity index (χ4n) is 2.14. The summed E-state index contributed by atoms with van der Waals surface area (Å²) in [7, 11) is 0. The molecule has 2 amide bonds. The third-order valence-electron chi connectivity index (χ3n) is 3.43. The Balaban J connectivity index is 1.92. The van der Waals surface area contributed by atoms with Gasteiger partial charge < -0.3 is 10.2 Å². The summed E-state index contributed by atoms with van der Waals surface area (Å²) < 4.78 is 0. The quantitative estimate of drug-likeness (QED) is 0.885. The highest BCUT2D eigenvalue weighted by Gasteiger charge is 2.15. The van der Waals surface area contributed by atoms with E-state index < -0.39 is 0 Å². The minimum absolute atomic E-state index is 0.00733. The molecule has 0 atom stereocenters. The van der Waals surface area contributed by atoms with Crippen LogP contribution in [0.2, 0.25) is 5.02 Å². The summed E-state index contributed by atoms with van der Waals surface area (Å²) in [6.07, 6.45) is 0. The number of halogens is 1. The van der Waals surface area contributed by atoms with E-state index in [1.54, 1.807) is 6.07 Å². The van der Waals surface area contributed by atoms with Crippen molar-refractivity contribution >= 4 is 23.4 Å². The highest BCUT2D eigenvalue weighted by Crippen LogP contribution is 2.17. The van der Waals surface area contributed by atoms with Crippen LogP contribution >= 0.6 is 11.6 Å². The van der Waals surface area contributed by atoms with Gasteiger partial charge >= 0.3 is 0 Å². The van der Waals surface area contributed by atoms with Crippen LogP contribution in [0.25, 0.3) is 0 Å². The largest absolute Gasteiger partial charge is 0.350 e. The van der Waals surface area contributed by atoms with Crippen molar-refractivity contribution in [3.8, 4) is 0 Å². The van der Waals surface area contributed by atoms with Gasteiger partial charge in [-0.2, -0.15) is 0 Å². The van der Waals surface area contributed by atoms with E-state index in [0.717, 1.165) is 11.1 Å². The Morgan fingerprint density at radius 2 is 1.70 bits per heavy atom. The Morgan fingerprint density at radius 3 is 2.35 bits per heavy atom. The average Bonchev–Trinajstić information content (AvgIpc) is 2.55. The molecule has 0 aliphatic carbocycles. The number of nitrogens with one attached hydrogen (secondary N) is 1. The van der Waals surface area contributed by atoms with Gasteiger partial charge in [0.2, 0.25) is 11.8 Å². The fourth-order valence-corrected chi connectivity index (χ4v) is 2.33. The summed E-state index contributed by atoms with van der Waals surface area (Å²) in [4.78, 5) is 25.3. The van der Waals surface area contributed by atoms with Crippen LogP contribution in [0.3, 0.4) is 0 Å². The van der Waals surface area contributed by atoms with Gasteiger partial charge in [-0.3, -0.25) is 9.59 Å². The molecular weight excluding hydrogens is 312 g/mol. The minimum Gasteiger partial charge on any atom is -0.350 e. The van der Waals surface area contributed by atoms with Crippen LogP contribution < -0.4 is 5.32 Å². The third kappa shape index (κ3) is 5.42. The number of carbonyl (C=O) groups is 2. The molecule has 0 unspecified atom stereocenters. The lowest BCUT2D eigenvalue weighted by Crippen LogP contribution is -2.39. The Kier molecular flexibility index (Phi) is 6.18. The molecule has 0 aliphatic heterocycles. The molecule has 0 bridgehead atoms. The van der Waals surface area contributed by atoms with E-state index in [2.05, 4.69) is 5.32 Å². The standard InChI is InChI=1S/C18H19ClN2O2/c1-14(22)21(12-16-9-5-6-10-17(16)19)13-18(23)20-11-15-7-3-2-4-8-15/h2-10H,11-13H2,1H3,(H,20,23). The van der Waals surface area contributed by atoms with Crippen molar-refractivity contribution in [3.05, 3.63) is 70.7 Å². The van der Waals surface area contributed by atoms with E-state index >= 15 is 0 Å². The van der Waals surface area contributed by atoms with Gasteiger partial charge in [-0.15, -0.1) is 0 Å². The van der Waals surface area contributed by atoms with E-state index in [1.165, 1.54) is 11.8 Å². The van der Waals surface area contributed by atoms with Gasteiger partial charge in [-0.05, 0) is 17.2 Å². The third-order valence-corrected chi connectivity index (χ3v) is 3.80. The zero-order valence-corrected chi connectivity index (χ0v) is 13.7. The van der Waals surface area contributed by atoms with Crippen molar-refractivity contribution in [1.29, 1.82) is 0 Å². The first-order chi connectivity index (χ1) is 11.1. The first-order valence-electron chi connectivity index (χ1n) is 7.36. The van der Waals surface area contributed by atoms with Crippen LogP contribution in [-0.2, 0) is 22.7 Å². The lowest BCUT2D eigenvalue weighted by Gasteiger charge is -2.21. The molecule has 0 spiro atoms. The number of amides is 2. The summed E-state index contributed by atoms with van der Waals surface area (Å²) in [6.45, 7) is 2.21. The van der Waals surface area contributed by atoms with Crippen LogP contribution in [0.1, 0.15) is 18.1 Å². The molecule has 0 fully saturated rings. The molecule has 23 heavy (non-hydrogen) atoms. The van der Waals surface area contributed by atoms with E-state index in [1.807, 2.05) is 48.5 Å². The van der Waals surface area contributed by atoms with Crippen LogP contribution in [0.15, 0.2) is 54.6 Å². The predicted octanol–water partition coefficient (Wildman–Crippen LogP) is 3.00. The van der Waals surface area contributed by atoms with Gasteiger partial charge in [-0.25, -0.2) is 0 Å². The molecule has 0 aliphatic rings. The summed E-state index contributed by atoms with van der Waals surface area (Å²) in [5.41, 5.74) is 1.83. The SMILES string of the molecule is CC(=O)N(CC(=O)NCc1ccccc1)Cc1ccccc1Cl. The van der Waals surface area contributed by atoms with Crippen molar-refractivity contribution in [2.24, 2.45) is 0 Å². The van der Waals surface area contributed by atoms with E-state index in [4.69, 9.17) is 11.6 Å². The maximum atomic E-state index is 12.1. The van der Waals surface area contributed by atoms with Crippen molar-refractivity contribution in [3.63, 3.8) is 0 Å². The van der Waals surface area contributed by atoms with Gasteiger partial charge in [0, 0.05) is 25.0 Å². The van der Waals surface area contributed by atoms with E-state index in [9.17, 15) is 9.59 Å². The molecule has 4 nitrogen and oxygen atoms in total. The predicted molar refractivity (Wildman–Crippen MR) is 90.8 cm³/mol. The molecule has 0 heterocycles. The van der Waals surface area contributed by atoms with Crippen molar-refractivity contribution < 1.29 is 9.59 Å². The Bertz CT molecular complexity index is 674. The molecular formula is C18H19ClN2O2. The zero-order chi connectivity index (χ0) is 16.7. The Hall–Kier alpha value is -2.33. The molecule has 1 N–H and O–H groups in total. The van der Waals surface area contributed by atoms with Crippen molar-refractivity contribution in [2.75, 3.05) is 6.54 Å². The number of hydrogen-bond donors (Lipinski definition) is 1. The second kappa shape index (κ2) is 8.34. The highest BCUT2D eigenvalue weighted by atomic mass is 35.5. The number of rotatable bonds is 6. The molecule has 2 aromatic carbocycles. The van der Waals surface area contributed by atoms with Crippen LogP contribution in [0.5, 0.6) is 0 Å². The average molecular weight is 331 g/mol. The van der Waals surface area contributed by atoms with Crippen LogP contribution in [0.4, 0.5) is 0 Å². The number of hydrogen-bond acceptors (Lipinski definition) is 2. The number of nitrogens with zero attached hydrogens (tertiary/aromatic N) is 1. The Labute approximate surface area is 141 Å². The molecule has 0 radical (unpaired) electrons. The highest BCUT2D eigenvalue weighted by molar-refractivity contribution is 6.31. The normalized spacial score (nSPS) is 10.2. The summed E-state index contributed by atoms with van der Waals surface area (Å²) >= 11 is 6.11. The molecule has 120 valence electrons. The van der Waals surface area contributed by atoms with Crippen molar-refractivity contribution in [2.45, 2.75) is 20.0 Å². The van der Waals surface area contributed by atoms with Gasteiger partial charge in [0.15, 0.2) is 0 Å². The molecule has 0 aromatic heterocycles. The smallest absolute Gasteiger partial charge is 0.239 e. The first kappa shape index (κ1) is 17.0. The summed E-state index contributed by atoms with van der Waals surface area (Å²) in [6, 6.07) is 16.9. The topological polar surface area (TPSA) is 49.4 Å². The van der Waals surface area contributed by atoms with Crippen molar-refractivity contribution in [1.82, 2.24) is 10.2 Å². The zero-order valence-electron chi connectivity index (χ0n) is 13.0. The lowest BCUT2D eigenvalue weighted by atomic mass is 10.2. The molecule has 5 heteroatoms. The number of benzene rings is 2. The van der Waals surface area contributed by atoms with Gasteiger partial charge in [0.25, 0.3) is 0 Å².